The number of anilines is 1. The van der Waals surface area contributed by atoms with Crippen LogP contribution in [0.5, 0.6) is 0 Å². The number of carbonyl (C=O) groups is 1. The molecule has 3 N–H and O–H groups in total. The molecule has 16 heavy (non-hydrogen) atoms. The molecular weight excluding hydrogens is 206 g/mol. The summed E-state index contributed by atoms with van der Waals surface area (Å²) in [7, 11) is 0. The average molecular weight is 221 g/mol. The van der Waals surface area contributed by atoms with Gasteiger partial charge in [0, 0.05) is 13.1 Å². The highest BCUT2D eigenvalue weighted by atomic mass is 16.2. The quantitative estimate of drug-likeness (QED) is 0.712. The zero-order valence-electron chi connectivity index (χ0n) is 9.02. The number of nitrogens with two attached hydrogens (primary N) is 1. The van der Waals surface area contributed by atoms with E-state index in [2.05, 4.69) is 15.2 Å². The van der Waals surface area contributed by atoms with Crippen LogP contribution in [0.3, 0.4) is 0 Å². The number of fused-ring (bicyclic) bond motifs is 1. The topological polar surface area (TPSA) is 87.9 Å². The van der Waals surface area contributed by atoms with Crippen LogP contribution in [-0.2, 0) is 0 Å². The molecule has 86 valence electrons. The largest absolute Gasteiger partial charge is 0.366 e. The molecule has 0 radical (unpaired) electrons. The number of nitrogen functional groups attached to an aromatic ring is 1. The van der Waals surface area contributed by atoms with Gasteiger partial charge in [-0.1, -0.05) is 6.42 Å². The van der Waals surface area contributed by atoms with Gasteiger partial charge >= 0.3 is 0 Å². The van der Waals surface area contributed by atoms with Gasteiger partial charge in [0.05, 0.1) is 0 Å². The van der Waals surface area contributed by atoms with Gasteiger partial charge < -0.3 is 10.6 Å². The van der Waals surface area contributed by atoms with Crippen molar-refractivity contribution in [1.82, 2.24) is 20.1 Å². The van der Waals surface area contributed by atoms with E-state index in [9.17, 15) is 4.79 Å². The summed E-state index contributed by atoms with van der Waals surface area (Å²) in [5.74, 6) is 1.72. The Bertz CT molecular complexity index is 403. The summed E-state index contributed by atoms with van der Waals surface area (Å²) in [6, 6.07) is 0. The van der Waals surface area contributed by atoms with Gasteiger partial charge in [0.15, 0.2) is 0 Å². The molecule has 1 saturated heterocycles. The number of hydrogen-bond acceptors (Lipinski definition) is 4. The lowest BCUT2D eigenvalue weighted by molar-refractivity contribution is 0.0769. The first-order valence-electron chi connectivity index (χ1n) is 5.71. The van der Waals surface area contributed by atoms with Crippen molar-refractivity contribution in [2.75, 3.05) is 18.8 Å². The molecule has 1 aliphatic carbocycles. The first kappa shape index (κ1) is 9.62. The lowest BCUT2D eigenvalue weighted by Crippen LogP contribution is -2.30. The Morgan fingerprint density at radius 2 is 2.06 bits per heavy atom. The molecule has 6 heteroatoms. The molecule has 2 heterocycles. The number of nitrogens with one attached hydrogen (secondary N) is 1. The van der Waals surface area contributed by atoms with Gasteiger partial charge in [0.2, 0.25) is 11.8 Å². The maximum absolute atomic E-state index is 12.0. The SMILES string of the molecule is Nc1n[nH]c(C(=O)N2CC3CCCC3C2)n1. The van der Waals surface area contributed by atoms with Crippen molar-refractivity contribution in [2.24, 2.45) is 11.8 Å². The van der Waals surface area contributed by atoms with Crippen molar-refractivity contribution < 1.29 is 4.79 Å². The third-order valence-corrected chi connectivity index (χ3v) is 3.72. The van der Waals surface area contributed by atoms with Crippen LogP contribution in [0.15, 0.2) is 0 Å². The minimum atomic E-state index is -0.0707. The fourth-order valence-corrected chi connectivity index (χ4v) is 2.92. The summed E-state index contributed by atoms with van der Waals surface area (Å²) in [5.41, 5.74) is 5.38. The van der Waals surface area contributed by atoms with E-state index in [1.807, 2.05) is 4.90 Å². The van der Waals surface area contributed by atoms with Gasteiger partial charge in [-0.15, -0.1) is 5.10 Å². The Morgan fingerprint density at radius 3 is 2.62 bits per heavy atom. The maximum Gasteiger partial charge on any atom is 0.291 e. The van der Waals surface area contributed by atoms with Crippen LogP contribution in [0.4, 0.5) is 5.95 Å². The second-order valence-corrected chi connectivity index (χ2v) is 4.70. The van der Waals surface area contributed by atoms with Crippen LogP contribution in [0, 0.1) is 11.8 Å². The Labute approximate surface area is 93.2 Å². The molecule has 0 bridgehead atoms. The molecule has 0 aromatic carbocycles. The lowest BCUT2D eigenvalue weighted by atomic mass is 10.0. The molecular formula is C10H15N5O. The van der Waals surface area contributed by atoms with Gasteiger partial charge in [-0.3, -0.25) is 9.89 Å². The van der Waals surface area contributed by atoms with Gasteiger partial charge in [-0.2, -0.15) is 4.98 Å². The Morgan fingerprint density at radius 1 is 1.38 bits per heavy atom. The summed E-state index contributed by atoms with van der Waals surface area (Å²) >= 11 is 0. The normalized spacial score (nSPS) is 28.4. The van der Waals surface area contributed by atoms with Crippen LogP contribution in [-0.4, -0.2) is 39.1 Å². The van der Waals surface area contributed by atoms with E-state index >= 15 is 0 Å². The van der Waals surface area contributed by atoms with E-state index in [1.165, 1.54) is 19.3 Å². The molecule has 1 saturated carbocycles. The predicted molar refractivity (Wildman–Crippen MR) is 57.5 cm³/mol. The van der Waals surface area contributed by atoms with Crippen molar-refractivity contribution in [3.8, 4) is 0 Å². The molecule has 1 aromatic heterocycles. The number of nitrogens with zero attached hydrogens (tertiary/aromatic N) is 3. The van der Waals surface area contributed by atoms with Crippen molar-refractivity contribution in [1.29, 1.82) is 0 Å². The van der Waals surface area contributed by atoms with Crippen molar-refractivity contribution in [2.45, 2.75) is 19.3 Å². The van der Waals surface area contributed by atoms with Gasteiger partial charge in [0.1, 0.15) is 0 Å². The van der Waals surface area contributed by atoms with E-state index in [0.29, 0.717) is 11.8 Å². The van der Waals surface area contributed by atoms with Crippen LogP contribution >= 0.6 is 0 Å². The molecule has 1 amide bonds. The number of likely N-dealkylation sites (tertiary alicyclic amines) is 1. The summed E-state index contributed by atoms with van der Waals surface area (Å²) in [6.07, 6.45) is 3.83. The van der Waals surface area contributed by atoms with E-state index in [-0.39, 0.29) is 17.7 Å². The fourth-order valence-electron chi connectivity index (χ4n) is 2.92. The molecule has 1 aliphatic heterocycles. The number of aromatic amines is 1. The zero-order chi connectivity index (χ0) is 11.1. The van der Waals surface area contributed by atoms with E-state index in [1.54, 1.807) is 0 Å². The highest BCUT2D eigenvalue weighted by Gasteiger charge is 2.38. The summed E-state index contributed by atoms with van der Waals surface area (Å²) in [4.78, 5) is 17.8. The molecule has 2 unspecified atom stereocenters. The Balaban J connectivity index is 1.73. The number of rotatable bonds is 1. The van der Waals surface area contributed by atoms with E-state index < -0.39 is 0 Å². The summed E-state index contributed by atoms with van der Waals surface area (Å²) in [6.45, 7) is 1.73. The molecule has 0 spiro atoms. The average Bonchev–Trinajstić information content (AvgIpc) is 2.89. The van der Waals surface area contributed by atoms with Crippen molar-refractivity contribution in [3.63, 3.8) is 0 Å². The molecule has 2 fully saturated rings. The predicted octanol–water partition coefficient (Wildman–Crippen LogP) is 0.259. The number of H-pyrrole nitrogens is 1. The van der Waals surface area contributed by atoms with Crippen molar-refractivity contribution >= 4 is 11.9 Å². The summed E-state index contributed by atoms with van der Waals surface area (Å²) in [5, 5.41) is 6.25. The maximum atomic E-state index is 12.0. The number of carbonyl (C=O) groups excluding carboxylic acids is 1. The van der Waals surface area contributed by atoms with Crippen LogP contribution in [0.1, 0.15) is 29.9 Å². The highest BCUT2D eigenvalue weighted by molar-refractivity contribution is 5.90. The first-order valence-corrected chi connectivity index (χ1v) is 5.71. The molecule has 1 aromatic rings. The smallest absolute Gasteiger partial charge is 0.291 e. The molecule has 6 nitrogen and oxygen atoms in total. The Hall–Kier alpha value is -1.59. The Kier molecular flexibility index (Phi) is 2.08. The minimum absolute atomic E-state index is 0.0707. The fraction of sp³-hybridized carbons (Fsp3) is 0.700. The molecule has 2 aliphatic rings. The van der Waals surface area contributed by atoms with E-state index in [4.69, 9.17) is 5.73 Å². The first-order chi connectivity index (χ1) is 7.74. The van der Waals surface area contributed by atoms with E-state index in [0.717, 1.165) is 13.1 Å². The second-order valence-electron chi connectivity index (χ2n) is 4.70. The van der Waals surface area contributed by atoms with Gasteiger partial charge in [-0.25, -0.2) is 0 Å². The highest BCUT2D eigenvalue weighted by Crippen LogP contribution is 2.37. The van der Waals surface area contributed by atoms with Crippen LogP contribution in [0.25, 0.3) is 0 Å². The van der Waals surface area contributed by atoms with Crippen LogP contribution < -0.4 is 5.73 Å². The lowest BCUT2D eigenvalue weighted by Gasteiger charge is -2.14. The van der Waals surface area contributed by atoms with Crippen LogP contribution in [0.2, 0.25) is 0 Å². The monoisotopic (exact) mass is 221 g/mol. The number of hydrogen-bond donors (Lipinski definition) is 2. The number of aromatic nitrogens is 3. The third kappa shape index (κ3) is 1.45. The minimum Gasteiger partial charge on any atom is -0.366 e. The standard InChI is InChI=1S/C10H15N5O/c11-10-12-8(13-14-10)9(16)15-4-6-2-1-3-7(6)5-15/h6-7H,1-5H2,(H3,11,12,13,14). The third-order valence-electron chi connectivity index (χ3n) is 3.72. The molecule has 2 atom stereocenters. The number of amides is 1. The van der Waals surface area contributed by atoms with Gasteiger partial charge in [0.25, 0.3) is 5.91 Å². The summed E-state index contributed by atoms with van der Waals surface area (Å²) < 4.78 is 0. The van der Waals surface area contributed by atoms with Gasteiger partial charge in [-0.05, 0) is 24.7 Å². The zero-order valence-corrected chi connectivity index (χ0v) is 9.02. The second kappa shape index (κ2) is 3.47. The van der Waals surface area contributed by atoms with Crippen molar-refractivity contribution in [3.05, 3.63) is 5.82 Å². The molecule has 3 rings (SSSR count).